The number of aromatic nitrogens is 2. The van der Waals surface area contributed by atoms with Crippen molar-refractivity contribution in [2.24, 2.45) is 5.92 Å². The van der Waals surface area contributed by atoms with Crippen molar-refractivity contribution in [1.82, 2.24) is 14.5 Å². The van der Waals surface area contributed by atoms with Gasteiger partial charge in [-0.2, -0.15) is 0 Å². The molecule has 4 rings (SSSR count). The van der Waals surface area contributed by atoms with Crippen molar-refractivity contribution in [3.8, 4) is 0 Å². The highest BCUT2D eigenvalue weighted by atomic mass is 79.9. The Bertz CT molecular complexity index is 1110. The zero-order valence-corrected chi connectivity index (χ0v) is 17.9. The number of pyridine rings is 2. The van der Waals surface area contributed by atoms with Gasteiger partial charge in [0.25, 0.3) is 0 Å². The Balaban J connectivity index is 1.50. The zero-order valence-electron chi connectivity index (χ0n) is 16.3. The Morgan fingerprint density at radius 2 is 2.07 bits per heavy atom. The highest BCUT2D eigenvalue weighted by Crippen LogP contribution is 2.24. The highest BCUT2D eigenvalue weighted by molar-refractivity contribution is 9.10. The van der Waals surface area contributed by atoms with E-state index < -0.39 is 0 Å². The number of hydrogen-bond donors (Lipinski definition) is 1. The van der Waals surface area contributed by atoms with Crippen LogP contribution in [0, 0.1) is 12.8 Å². The topological polar surface area (TPSA) is 67.2 Å². The first-order valence-corrected chi connectivity index (χ1v) is 10.5. The van der Waals surface area contributed by atoms with E-state index in [2.05, 4.69) is 35.7 Å². The number of nitrogens with one attached hydrogen (secondary N) is 1. The molecule has 6 nitrogen and oxygen atoms in total. The quantitative estimate of drug-likeness (QED) is 0.651. The molecular formula is C22H23BrN4O2. The molecule has 1 fully saturated rings. The van der Waals surface area contributed by atoms with Crippen molar-refractivity contribution in [1.29, 1.82) is 0 Å². The molecule has 1 atom stereocenters. The number of para-hydroxylation sites is 1. The van der Waals surface area contributed by atoms with Crippen LogP contribution in [-0.2, 0) is 11.5 Å². The van der Waals surface area contributed by atoms with Gasteiger partial charge in [-0.05, 0) is 66.5 Å². The number of fused-ring (bicyclic) bond motifs is 1. The molecule has 1 aliphatic heterocycles. The van der Waals surface area contributed by atoms with E-state index in [1.54, 1.807) is 6.07 Å². The molecule has 1 aliphatic rings. The fourth-order valence-electron chi connectivity index (χ4n) is 3.90. The maximum absolute atomic E-state index is 12.8. The molecule has 1 amide bonds. The van der Waals surface area contributed by atoms with Crippen LogP contribution in [0.1, 0.15) is 18.5 Å². The number of nitrogens with zero attached hydrogens (tertiary/aromatic N) is 3. The lowest BCUT2D eigenvalue weighted by Gasteiger charge is -2.32. The van der Waals surface area contributed by atoms with Crippen molar-refractivity contribution in [3.05, 3.63) is 69.1 Å². The summed E-state index contributed by atoms with van der Waals surface area (Å²) >= 11 is 3.58. The Morgan fingerprint density at radius 1 is 1.24 bits per heavy atom. The number of halogens is 1. The van der Waals surface area contributed by atoms with Crippen LogP contribution >= 0.6 is 15.9 Å². The van der Waals surface area contributed by atoms with Gasteiger partial charge in [0.05, 0.1) is 18.1 Å². The van der Waals surface area contributed by atoms with Gasteiger partial charge in [0, 0.05) is 34.4 Å². The lowest BCUT2D eigenvalue weighted by atomic mass is 9.97. The average molecular weight is 455 g/mol. The molecule has 3 aromatic rings. The molecule has 3 heterocycles. The molecule has 0 radical (unpaired) electrons. The predicted octanol–water partition coefficient (Wildman–Crippen LogP) is 3.78. The number of likely N-dealkylation sites (tertiary alicyclic amines) is 1. The van der Waals surface area contributed by atoms with E-state index in [0.29, 0.717) is 24.4 Å². The van der Waals surface area contributed by atoms with E-state index in [-0.39, 0.29) is 17.3 Å². The lowest BCUT2D eigenvalue weighted by Crippen LogP contribution is -2.41. The summed E-state index contributed by atoms with van der Waals surface area (Å²) in [5.41, 5.74) is 1.78. The number of aryl methyl sites for hydroxylation is 1. The molecule has 0 spiro atoms. The molecule has 7 heteroatoms. The van der Waals surface area contributed by atoms with Gasteiger partial charge in [-0.3, -0.25) is 14.5 Å². The third-order valence-corrected chi connectivity index (χ3v) is 5.95. The first-order chi connectivity index (χ1) is 14.0. The average Bonchev–Trinajstić information content (AvgIpc) is 2.70. The van der Waals surface area contributed by atoms with Crippen LogP contribution in [0.5, 0.6) is 0 Å². The van der Waals surface area contributed by atoms with Gasteiger partial charge in [0.2, 0.25) is 5.91 Å². The van der Waals surface area contributed by atoms with E-state index in [1.165, 1.54) is 0 Å². The van der Waals surface area contributed by atoms with Crippen molar-refractivity contribution in [3.63, 3.8) is 0 Å². The minimum absolute atomic E-state index is 0.0127. The zero-order chi connectivity index (χ0) is 20.4. The second kappa shape index (κ2) is 8.47. The maximum atomic E-state index is 12.8. The molecule has 150 valence electrons. The molecular weight excluding hydrogens is 432 g/mol. The van der Waals surface area contributed by atoms with E-state index in [0.717, 1.165) is 35.1 Å². The smallest absolute Gasteiger partial charge is 0.229 e. The third kappa shape index (κ3) is 4.41. The minimum atomic E-state index is -0.0832. The SMILES string of the molecule is Cc1cccc(NC(=O)C2CCCN(Cn3ccc(=O)c4cccc(Br)c43)C2)n1. The number of anilines is 1. The second-order valence-electron chi connectivity index (χ2n) is 7.50. The van der Waals surface area contributed by atoms with E-state index in [1.807, 2.05) is 49.5 Å². The number of carbonyl (C=O) groups excluding carboxylic acids is 1. The minimum Gasteiger partial charge on any atom is -0.333 e. The van der Waals surface area contributed by atoms with Crippen LogP contribution in [-0.4, -0.2) is 33.4 Å². The monoisotopic (exact) mass is 454 g/mol. The van der Waals surface area contributed by atoms with Crippen LogP contribution in [0.25, 0.3) is 10.9 Å². The van der Waals surface area contributed by atoms with Crippen molar-refractivity contribution >= 4 is 38.6 Å². The normalized spacial score (nSPS) is 17.4. The fourth-order valence-corrected chi connectivity index (χ4v) is 4.49. The summed E-state index contributed by atoms with van der Waals surface area (Å²) in [6, 6.07) is 12.9. The van der Waals surface area contributed by atoms with Crippen molar-refractivity contribution < 1.29 is 4.79 Å². The van der Waals surface area contributed by atoms with Gasteiger partial charge >= 0.3 is 0 Å². The van der Waals surface area contributed by atoms with Gasteiger partial charge in [0.1, 0.15) is 5.82 Å². The summed E-state index contributed by atoms with van der Waals surface area (Å²) in [6.45, 7) is 4.14. The van der Waals surface area contributed by atoms with Gasteiger partial charge in [-0.25, -0.2) is 4.98 Å². The van der Waals surface area contributed by atoms with E-state index in [4.69, 9.17) is 0 Å². The lowest BCUT2D eigenvalue weighted by molar-refractivity contribution is -0.121. The number of hydrogen-bond acceptors (Lipinski definition) is 4. The number of piperidine rings is 1. The Labute approximate surface area is 177 Å². The summed E-state index contributed by atoms with van der Waals surface area (Å²) in [7, 11) is 0. The van der Waals surface area contributed by atoms with Crippen LogP contribution in [0.15, 0.2) is 57.9 Å². The second-order valence-corrected chi connectivity index (χ2v) is 8.35. The van der Waals surface area contributed by atoms with E-state index >= 15 is 0 Å². The molecule has 0 aliphatic carbocycles. The molecule has 2 aromatic heterocycles. The number of rotatable bonds is 4. The predicted molar refractivity (Wildman–Crippen MR) is 118 cm³/mol. The van der Waals surface area contributed by atoms with Crippen LogP contribution in [0.4, 0.5) is 5.82 Å². The fraction of sp³-hybridized carbons (Fsp3) is 0.318. The number of carbonyl (C=O) groups is 1. The summed E-state index contributed by atoms with van der Waals surface area (Å²) in [4.78, 5) is 31.6. The summed E-state index contributed by atoms with van der Waals surface area (Å²) in [6.07, 6.45) is 3.65. The van der Waals surface area contributed by atoms with Gasteiger partial charge < -0.3 is 9.88 Å². The highest BCUT2D eigenvalue weighted by Gasteiger charge is 2.26. The molecule has 29 heavy (non-hydrogen) atoms. The molecule has 0 bridgehead atoms. The molecule has 1 saturated heterocycles. The first kappa shape index (κ1) is 19.8. The van der Waals surface area contributed by atoms with Crippen LogP contribution in [0.2, 0.25) is 0 Å². The molecule has 1 N–H and O–H groups in total. The standard InChI is InChI=1S/C22H23BrN4O2/c1-15-5-2-9-20(24-15)25-22(29)16-6-4-11-26(13-16)14-27-12-10-19(28)17-7-3-8-18(23)21(17)27/h2-3,5,7-10,12,16H,4,6,11,13-14H2,1H3,(H,24,25,29). The molecule has 1 unspecified atom stereocenters. The van der Waals surface area contributed by atoms with Gasteiger partial charge in [-0.1, -0.05) is 12.1 Å². The molecule has 1 aromatic carbocycles. The Hall–Kier alpha value is -2.51. The Morgan fingerprint density at radius 3 is 2.90 bits per heavy atom. The first-order valence-electron chi connectivity index (χ1n) is 9.76. The largest absolute Gasteiger partial charge is 0.333 e. The third-order valence-electron chi connectivity index (χ3n) is 5.31. The summed E-state index contributed by atoms with van der Waals surface area (Å²) < 4.78 is 2.97. The maximum Gasteiger partial charge on any atom is 0.229 e. The van der Waals surface area contributed by atoms with E-state index in [9.17, 15) is 9.59 Å². The Kier molecular flexibility index (Phi) is 5.78. The van der Waals surface area contributed by atoms with Gasteiger partial charge in [-0.15, -0.1) is 0 Å². The van der Waals surface area contributed by atoms with Crippen molar-refractivity contribution in [2.75, 3.05) is 18.4 Å². The summed E-state index contributed by atoms with van der Waals surface area (Å²) in [5, 5.41) is 3.64. The van der Waals surface area contributed by atoms with Crippen LogP contribution < -0.4 is 10.7 Å². The summed E-state index contributed by atoms with van der Waals surface area (Å²) in [5.74, 6) is 0.529. The van der Waals surface area contributed by atoms with Crippen LogP contribution in [0.3, 0.4) is 0 Å². The van der Waals surface area contributed by atoms with Crippen molar-refractivity contribution in [2.45, 2.75) is 26.4 Å². The number of amides is 1. The number of benzene rings is 1. The van der Waals surface area contributed by atoms with Gasteiger partial charge in [0.15, 0.2) is 5.43 Å². The molecule has 0 saturated carbocycles.